The molecule has 75 valence electrons. The van der Waals surface area contributed by atoms with Gasteiger partial charge in [0.15, 0.2) is 0 Å². The molecular formula is C9H17N2S2. The van der Waals surface area contributed by atoms with E-state index >= 15 is 0 Å². The van der Waals surface area contributed by atoms with Gasteiger partial charge in [0, 0.05) is 49.2 Å². The topological polar surface area (TPSA) is 6.48 Å². The lowest BCUT2D eigenvalue weighted by Crippen LogP contribution is -2.41. The third kappa shape index (κ3) is 3.35. The van der Waals surface area contributed by atoms with Crippen LogP contribution in [0, 0.1) is 6.67 Å². The van der Waals surface area contributed by atoms with E-state index in [4.69, 9.17) is 0 Å². The van der Waals surface area contributed by atoms with E-state index in [1.54, 1.807) is 0 Å². The highest BCUT2D eigenvalue weighted by Gasteiger charge is 2.16. The summed E-state index contributed by atoms with van der Waals surface area (Å²) in [7, 11) is 0. The Balaban J connectivity index is 1.69. The lowest BCUT2D eigenvalue weighted by atomic mass is 10.5. The smallest absolute Gasteiger partial charge is 0.0922 e. The molecule has 13 heavy (non-hydrogen) atoms. The van der Waals surface area contributed by atoms with E-state index in [9.17, 15) is 0 Å². The Labute approximate surface area is 89.4 Å². The van der Waals surface area contributed by atoms with Gasteiger partial charge in [-0.1, -0.05) is 0 Å². The predicted molar refractivity (Wildman–Crippen MR) is 62.1 cm³/mol. The molecular weight excluding hydrogens is 200 g/mol. The molecule has 2 aliphatic heterocycles. The average molecular weight is 217 g/mol. The van der Waals surface area contributed by atoms with Crippen molar-refractivity contribution in [2.24, 2.45) is 0 Å². The number of thioether (sulfide) groups is 2. The van der Waals surface area contributed by atoms with Crippen LogP contribution in [-0.4, -0.2) is 59.0 Å². The van der Waals surface area contributed by atoms with Gasteiger partial charge in [0.25, 0.3) is 0 Å². The van der Waals surface area contributed by atoms with Gasteiger partial charge in [-0.05, 0) is 0 Å². The summed E-state index contributed by atoms with van der Waals surface area (Å²) in [5, 5.41) is 0. The Morgan fingerprint density at radius 1 is 0.692 bits per heavy atom. The van der Waals surface area contributed by atoms with Crippen molar-refractivity contribution >= 4 is 23.5 Å². The number of rotatable bonds is 2. The van der Waals surface area contributed by atoms with Gasteiger partial charge in [-0.2, -0.15) is 23.5 Å². The van der Waals surface area contributed by atoms with E-state index < -0.39 is 0 Å². The van der Waals surface area contributed by atoms with E-state index in [1.807, 2.05) is 0 Å². The molecule has 1 radical (unpaired) electrons. The van der Waals surface area contributed by atoms with Gasteiger partial charge < -0.3 is 0 Å². The normalized spacial score (nSPS) is 27.7. The van der Waals surface area contributed by atoms with Crippen molar-refractivity contribution in [1.82, 2.24) is 9.80 Å². The molecule has 0 N–H and O–H groups in total. The SMILES string of the molecule is [CH](N1CCSCC1)N1CCSCC1. The van der Waals surface area contributed by atoms with Gasteiger partial charge in [-0.3, -0.25) is 9.80 Å². The summed E-state index contributed by atoms with van der Waals surface area (Å²) in [5.74, 6) is 5.22. The molecule has 0 atom stereocenters. The molecule has 0 aliphatic carbocycles. The summed E-state index contributed by atoms with van der Waals surface area (Å²) in [6, 6.07) is 0. The van der Waals surface area contributed by atoms with Gasteiger partial charge in [-0.25, -0.2) is 0 Å². The molecule has 0 spiro atoms. The van der Waals surface area contributed by atoms with Crippen LogP contribution in [0.1, 0.15) is 0 Å². The number of nitrogens with zero attached hydrogens (tertiary/aromatic N) is 2. The highest BCUT2D eigenvalue weighted by molar-refractivity contribution is 7.99. The fourth-order valence-corrected chi connectivity index (χ4v) is 3.48. The first kappa shape index (κ1) is 10.1. The minimum atomic E-state index is 1.24. The zero-order valence-electron chi connectivity index (χ0n) is 7.95. The van der Waals surface area contributed by atoms with Gasteiger partial charge in [0.05, 0.1) is 6.67 Å². The lowest BCUT2D eigenvalue weighted by molar-refractivity contribution is 0.222. The highest BCUT2D eigenvalue weighted by Crippen LogP contribution is 2.15. The van der Waals surface area contributed by atoms with Crippen LogP contribution in [0.4, 0.5) is 0 Å². The van der Waals surface area contributed by atoms with Crippen LogP contribution in [0.2, 0.25) is 0 Å². The number of hydrogen-bond donors (Lipinski definition) is 0. The maximum absolute atomic E-state index is 2.48. The highest BCUT2D eigenvalue weighted by atomic mass is 32.2. The Bertz CT molecular complexity index is 127. The molecule has 0 unspecified atom stereocenters. The largest absolute Gasteiger partial charge is 0.284 e. The second-order valence-electron chi connectivity index (χ2n) is 3.41. The van der Waals surface area contributed by atoms with E-state index in [0.29, 0.717) is 0 Å². The van der Waals surface area contributed by atoms with Gasteiger partial charge in [0.1, 0.15) is 0 Å². The molecule has 0 saturated carbocycles. The predicted octanol–water partition coefficient (Wildman–Crippen LogP) is 1.20. The second kappa shape index (κ2) is 5.49. The quantitative estimate of drug-likeness (QED) is 0.685. The van der Waals surface area contributed by atoms with Crippen LogP contribution < -0.4 is 0 Å². The standard InChI is InChI=1S/C9H17N2S2/c1-5-12-6-2-10(1)9-11-3-7-13-8-4-11/h9H,1-8H2. The van der Waals surface area contributed by atoms with Crippen molar-refractivity contribution in [2.45, 2.75) is 0 Å². The molecule has 4 heteroatoms. The van der Waals surface area contributed by atoms with Crippen LogP contribution in [0.5, 0.6) is 0 Å². The Hall–Kier alpha value is 0.620. The molecule has 2 aliphatic rings. The maximum Gasteiger partial charge on any atom is 0.0922 e. The van der Waals surface area contributed by atoms with Crippen LogP contribution in [-0.2, 0) is 0 Å². The van der Waals surface area contributed by atoms with Crippen molar-refractivity contribution in [3.8, 4) is 0 Å². The fraction of sp³-hybridized carbons (Fsp3) is 0.889. The van der Waals surface area contributed by atoms with E-state index in [-0.39, 0.29) is 0 Å². The van der Waals surface area contributed by atoms with Gasteiger partial charge in [-0.15, -0.1) is 0 Å². The summed E-state index contributed by atoms with van der Waals surface area (Å²) in [6.07, 6.45) is 0. The summed E-state index contributed by atoms with van der Waals surface area (Å²) < 4.78 is 0. The van der Waals surface area contributed by atoms with E-state index in [1.165, 1.54) is 49.2 Å². The molecule has 0 amide bonds. The summed E-state index contributed by atoms with van der Waals surface area (Å²) in [5.41, 5.74) is 0. The van der Waals surface area contributed by atoms with Crippen LogP contribution in [0.15, 0.2) is 0 Å². The van der Waals surface area contributed by atoms with Crippen molar-refractivity contribution < 1.29 is 0 Å². The molecule has 0 bridgehead atoms. The monoisotopic (exact) mass is 217 g/mol. The molecule has 2 saturated heterocycles. The molecule has 2 heterocycles. The lowest BCUT2D eigenvalue weighted by Gasteiger charge is -2.33. The second-order valence-corrected chi connectivity index (χ2v) is 5.86. The molecule has 2 nitrogen and oxygen atoms in total. The zero-order valence-corrected chi connectivity index (χ0v) is 9.58. The Morgan fingerprint density at radius 3 is 1.46 bits per heavy atom. The van der Waals surface area contributed by atoms with Crippen LogP contribution >= 0.6 is 23.5 Å². The Kier molecular flexibility index (Phi) is 4.28. The van der Waals surface area contributed by atoms with Crippen molar-refractivity contribution in [1.29, 1.82) is 0 Å². The zero-order chi connectivity index (χ0) is 8.93. The summed E-state index contributed by atoms with van der Waals surface area (Å²) in [6.45, 7) is 7.34. The van der Waals surface area contributed by atoms with E-state index in [0.717, 1.165) is 0 Å². The van der Waals surface area contributed by atoms with Crippen molar-refractivity contribution in [3.05, 3.63) is 6.67 Å². The first-order chi connectivity index (χ1) is 6.45. The summed E-state index contributed by atoms with van der Waals surface area (Å²) in [4.78, 5) is 4.96. The van der Waals surface area contributed by atoms with Crippen LogP contribution in [0.25, 0.3) is 0 Å². The van der Waals surface area contributed by atoms with Crippen LogP contribution in [0.3, 0.4) is 0 Å². The summed E-state index contributed by atoms with van der Waals surface area (Å²) >= 11 is 4.15. The third-order valence-corrected chi connectivity index (χ3v) is 4.30. The molecule has 0 aromatic rings. The minimum absolute atomic E-state index is 1.24. The number of hydrogen-bond acceptors (Lipinski definition) is 4. The Morgan fingerprint density at radius 2 is 1.08 bits per heavy atom. The van der Waals surface area contributed by atoms with Gasteiger partial charge >= 0.3 is 0 Å². The first-order valence-electron chi connectivity index (χ1n) is 4.94. The molecule has 2 fully saturated rings. The minimum Gasteiger partial charge on any atom is -0.284 e. The molecule has 0 aromatic heterocycles. The third-order valence-electron chi connectivity index (χ3n) is 2.42. The van der Waals surface area contributed by atoms with Crippen molar-refractivity contribution in [2.75, 3.05) is 49.2 Å². The van der Waals surface area contributed by atoms with E-state index in [2.05, 4.69) is 40.0 Å². The fourth-order valence-electron chi connectivity index (χ4n) is 1.62. The average Bonchev–Trinajstić information content (AvgIpc) is 2.21. The molecule has 0 aromatic carbocycles. The maximum atomic E-state index is 2.48. The molecule has 2 rings (SSSR count). The van der Waals surface area contributed by atoms with Gasteiger partial charge in [0.2, 0.25) is 0 Å². The first-order valence-corrected chi connectivity index (χ1v) is 7.25. The van der Waals surface area contributed by atoms with Crippen molar-refractivity contribution in [3.63, 3.8) is 0 Å².